The molecule has 10 nitrogen and oxygen atoms in total. The molecule has 2 amide bonds. The van der Waals surface area contributed by atoms with E-state index in [0.717, 1.165) is 0 Å². The molecule has 1 rings (SSSR count). The van der Waals surface area contributed by atoms with E-state index in [2.05, 4.69) is 5.32 Å². The van der Waals surface area contributed by atoms with Crippen molar-refractivity contribution in [2.75, 3.05) is 13.2 Å². The maximum Gasteiger partial charge on any atom is 0.312 e. The van der Waals surface area contributed by atoms with Crippen molar-refractivity contribution in [3.05, 3.63) is 29.8 Å². The van der Waals surface area contributed by atoms with Gasteiger partial charge >= 0.3 is 17.9 Å². The molecule has 0 saturated heterocycles. The number of rotatable bonds is 10. The second-order valence-electron chi connectivity index (χ2n) is 5.84. The van der Waals surface area contributed by atoms with Gasteiger partial charge in [0.15, 0.2) is 0 Å². The minimum atomic E-state index is -1.50. The van der Waals surface area contributed by atoms with Crippen molar-refractivity contribution >= 4 is 29.7 Å². The van der Waals surface area contributed by atoms with Gasteiger partial charge in [0.25, 0.3) is 5.91 Å². The molecular weight excluding hydrogens is 384 g/mol. The van der Waals surface area contributed by atoms with Crippen LogP contribution >= 0.6 is 0 Å². The molecule has 1 aromatic carbocycles. The number of carbonyl (C=O) groups excluding carboxylic acids is 5. The van der Waals surface area contributed by atoms with Crippen LogP contribution in [0.5, 0.6) is 5.75 Å². The van der Waals surface area contributed by atoms with E-state index >= 15 is 0 Å². The summed E-state index contributed by atoms with van der Waals surface area (Å²) in [7, 11) is 0. The normalized spacial score (nSPS) is 12.2. The summed E-state index contributed by atoms with van der Waals surface area (Å²) < 4.78 is 14.6. The first-order valence-electron chi connectivity index (χ1n) is 8.90. The highest BCUT2D eigenvalue weighted by molar-refractivity contribution is 5.99. The van der Waals surface area contributed by atoms with E-state index < -0.39 is 48.1 Å². The maximum atomic E-state index is 12.5. The number of esters is 3. The quantitative estimate of drug-likeness (QED) is 0.415. The third-order valence-corrected chi connectivity index (χ3v) is 3.65. The Morgan fingerprint density at radius 2 is 1.59 bits per heavy atom. The third kappa shape index (κ3) is 7.60. The molecule has 0 aliphatic rings. The van der Waals surface area contributed by atoms with Crippen LogP contribution in [0.3, 0.4) is 0 Å². The first-order chi connectivity index (χ1) is 13.7. The smallest absolute Gasteiger partial charge is 0.312 e. The van der Waals surface area contributed by atoms with Gasteiger partial charge in [-0.25, -0.2) is 0 Å². The summed E-state index contributed by atoms with van der Waals surface area (Å²) >= 11 is 0. The van der Waals surface area contributed by atoms with Gasteiger partial charge in [-0.15, -0.1) is 0 Å². The molecular formula is C19H24N2O8. The van der Waals surface area contributed by atoms with Crippen molar-refractivity contribution in [2.45, 2.75) is 33.2 Å². The molecule has 0 aromatic heterocycles. The Bertz CT molecular complexity index is 760. The van der Waals surface area contributed by atoms with E-state index in [4.69, 9.17) is 19.9 Å². The van der Waals surface area contributed by atoms with Gasteiger partial charge in [0.2, 0.25) is 5.91 Å². The fourth-order valence-electron chi connectivity index (χ4n) is 2.42. The second-order valence-corrected chi connectivity index (χ2v) is 5.84. The Hall–Kier alpha value is -3.43. The van der Waals surface area contributed by atoms with Gasteiger partial charge in [0, 0.05) is 12.5 Å². The lowest BCUT2D eigenvalue weighted by atomic mass is 9.95. The van der Waals surface area contributed by atoms with Crippen molar-refractivity contribution in [1.82, 2.24) is 5.32 Å². The number of benzene rings is 1. The van der Waals surface area contributed by atoms with Gasteiger partial charge in [0.1, 0.15) is 11.8 Å². The van der Waals surface area contributed by atoms with Gasteiger partial charge in [-0.1, -0.05) is 0 Å². The highest BCUT2D eigenvalue weighted by atomic mass is 16.5. The molecule has 10 heteroatoms. The van der Waals surface area contributed by atoms with Gasteiger partial charge in [-0.3, -0.25) is 24.0 Å². The molecule has 0 bridgehead atoms. The van der Waals surface area contributed by atoms with Crippen LogP contribution in [0.4, 0.5) is 0 Å². The third-order valence-electron chi connectivity index (χ3n) is 3.65. The molecule has 0 spiro atoms. The van der Waals surface area contributed by atoms with Crippen LogP contribution in [-0.4, -0.2) is 49.0 Å². The van der Waals surface area contributed by atoms with Gasteiger partial charge in [-0.2, -0.15) is 0 Å². The van der Waals surface area contributed by atoms with E-state index in [9.17, 15) is 24.0 Å². The monoisotopic (exact) mass is 408 g/mol. The zero-order chi connectivity index (χ0) is 22.0. The van der Waals surface area contributed by atoms with Crippen molar-refractivity contribution in [3.8, 4) is 5.75 Å². The number of nitrogens with one attached hydrogen (secondary N) is 1. The molecule has 3 N–H and O–H groups in total. The van der Waals surface area contributed by atoms with Gasteiger partial charge < -0.3 is 25.3 Å². The lowest BCUT2D eigenvalue weighted by Crippen LogP contribution is -2.52. The number of primary amides is 1. The predicted octanol–water partition coefficient (Wildman–Crippen LogP) is 0.328. The van der Waals surface area contributed by atoms with Gasteiger partial charge in [0.05, 0.1) is 25.6 Å². The molecule has 0 unspecified atom stereocenters. The Balaban J connectivity index is 3.03. The minimum Gasteiger partial charge on any atom is -0.466 e. The first-order valence-corrected chi connectivity index (χ1v) is 8.90. The molecule has 158 valence electrons. The van der Waals surface area contributed by atoms with E-state index in [0.29, 0.717) is 0 Å². The zero-order valence-electron chi connectivity index (χ0n) is 16.4. The van der Waals surface area contributed by atoms with Crippen LogP contribution in [0, 0.1) is 5.92 Å². The number of nitrogens with two attached hydrogens (primary N) is 1. The van der Waals surface area contributed by atoms with Crippen LogP contribution in [0.1, 0.15) is 37.6 Å². The van der Waals surface area contributed by atoms with Crippen LogP contribution < -0.4 is 15.8 Å². The fourth-order valence-corrected chi connectivity index (χ4v) is 2.42. The summed E-state index contributed by atoms with van der Waals surface area (Å²) in [6.45, 7) is 4.47. The Morgan fingerprint density at radius 1 is 1.00 bits per heavy atom. The standard InChI is InChI=1S/C19H24N2O8/c1-4-27-15(23)10-14(19(26)28-5-2)16(17(20)24)21-18(25)12-6-8-13(9-7-12)29-11(3)22/h6-9,14,16H,4-5,10H2,1-3H3,(H2,20,24)(H,21,25)/t14-,16+/m0/s1. The van der Waals surface area contributed by atoms with E-state index in [1.165, 1.54) is 31.2 Å². The van der Waals surface area contributed by atoms with Crippen molar-refractivity contribution in [2.24, 2.45) is 11.7 Å². The van der Waals surface area contributed by atoms with Gasteiger partial charge in [-0.05, 0) is 38.1 Å². The highest BCUT2D eigenvalue weighted by Gasteiger charge is 2.37. The SMILES string of the molecule is CCOC(=O)C[C@H](C(=O)OCC)[C@@H](NC(=O)c1ccc(OC(C)=O)cc1)C(N)=O. The Kier molecular flexibility index (Phi) is 9.30. The van der Waals surface area contributed by atoms with Crippen molar-refractivity contribution in [1.29, 1.82) is 0 Å². The average Bonchev–Trinajstić information content (AvgIpc) is 2.64. The topological polar surface area (TPSA) is 151 Å². The van der Waals surface area contributed by atoms with Crippen molar-refractivity contribution in [3.63, 3.8) is 0 Å². The largest absolute Gasteiger partial charge is 0.466 e. The molecule has 1 aromatic rings. The lowest BCUT2D eigenvalue weighted by molar-refractivity contribution is -0.156. The highest BCUT2D eigenvalue weighted by Crippen LogP contribution is 2.16. The number of amides is 2. The molecule has 0 radical (unpaired) electrons. The van der Waals surface area contributed by atoms with E-state index in [1.807, 2.05) is 0 Å². The molecule has 29 heavy (non-hydrogen) atoms. The molecule has 0 heterocycles. The van der Waals surface area contributed by atoms with Crippen LogP contribution in [0.15, 0.2) is 24.3 Å². The lowest BCUT2D eigenvalue weighted by Gasteiger charge is -2.23. The number of ether oxygens (including phenoxy) is 3. The summed E-state index contributed by atoms with van der Waals surface area (Å²) in [6.07, 6.45) is -0.494. The molecule has 0 aliphatic carbocycles. The molecule has 0 aliphatic heterocycles. The molecule has 0 fully saturated rings. The summed E-state index contributed by atoms with van der Waals surface area (Å²) in [5.41, 5.74) is 5.47. The minimum absolute atomic E-state index is 0.00912. The maximum absolute atomic E-state index is 12.5. The number of hydrogen-bond donors (Lipinski definition) is 2. The summed E-state index contributed by atoms with van der Waals surface area (Å²) in [5.74, 6) is -4.99. The Labute approximate surface area is 167 Å². The first kappa shape index (κ1) is 23.6. The summed E-state index contributed by atoms with van der Waals surface area (Å²) in [4.78, 5) is 59.5. The van der Waals surface area contributed by atoms with E-state index in [-0.39, 0.29) is 24.5 Å². The summed E-state index contributed by atoms with van der Waals surface area (Å²) in [5, 5.41) is 2.35. The summed E-state index contributed by atoms with van der Waals surface area (Å²) in [6, 6.07) is 3.99. The zero-order valence-corrected chi connectivity index (χ0v) is 16.4. The van der Waals surface area contributed by atoms with Crippen LogP contribution in [0.25, 0.3) is 0 Å². The van der Waals surface area contributed by atoms with E-state index in [1.54, 1.807) is 13.8 Å². The molecule has 0 saturated carbocycles. The molecule has 2 atom stereocenters. The Morgan fingerprint density at radius 3 is 2.07 bits per heavy atom. The van der Waals surface area contributed by atoms with Crippen LogP contribution in [0.2, 0.25) is 0 Å². The van der Waals surface area contributed by atoms with Crippen LogP contribution in [-0.2, 0) is 28.7 Å². The predicted molar refractivity (Wildman–Crippen MR) is 99.6 cm³/mol. The number of hydrogen-bond acceptors (Lipinski definition) is 8. The number of carbonyl (C=O) groups is 5. The fraction of sp³-hybridized carbons (Fsp3) is 0.421. The second kappa shape index (κ2) is 11.4. The van der Waals surface area contributed by atoms with Crippen molar-refractivity contribution < 1.29 is 38.2 Å². The average molecular weight is 408 g/mol.